The number of hydrogen-bond donors (Lipinski definition) is 0. The third-order valence-electron chi connectivity index (χ3n) is 6.23. The largest absolute Gasteiger partial charge is 0.497 e. The second-order valence-corrected chi connectivity index (χ2v) is 8.05. The van der Waals surface area contributed by atoms with E-state index in [1.807, 2.05) is 48.5 Å². The normalized spacial score (nSPS) is 17.0. The number of methoxy groups -OCH3 is 2. The quantitative estimate of drug-likeness (QED) is 0.377. The summed E-state index contributed by atoms with van der Waals surface area (Å²) in [4.78, 5) is 28.1. The molecule has 6 nitrogen and oxygen atoms in total. The topological polar surface area (TPSA) is 79.6 Å². The molecule has 3 aromatic carbocycles. The van der Waals surface area contributed by atoms with Crippen molar-refractivity contribution >= 4 is 18.0 Å². The van der Waals surface area contributed by atoms with Crippen LogP contribution in [0.4, 0.5) is 0 Å². The van der Waals surface area contributed by atoms with E-state index in [0.29, 0.717) is 22.4 Å². The first-order valence-electron chi connectivity index (χ1n) is 11.0. The van der Waals surface area contributed by atoms with E-state index < -0.39 is 23.3 Å². The zero-order valence-electron chi connectivity index (χ0n) is 19.5. The molecule has 2 atom stereocenters. The molecule has 3 aromatic rings. The Morgan fingerprint density at radius 2 is 1.63 bits per heavy atom. The van der Waals surface area contributed by atoms with Crippen LogP contribution in [0.2, 0.25) is 0 Å². The molecule has 0 fully saturated rings. The number of carbonyl (C=O) groups excluding carboxylic acids is 2. The Morgan fingerprint density at radius 1 is 0.971 bits per heavy atom. The molecule has 174 valence electrons. The average molecular weight is 465 g/mol. The standard InChI is InChI=1S/C29H24N2O4/c1-20(28(33)35-3)26(22-10-5-4-6-11-22)29(19-30)25-12-8-7-9-21(25)17-18-31(29)27(32)23-13-15-24(34-2)16-14-23/h4-18,26H,1H2,2-3H3/t26-,29-/m0/s1. The van der Waals surface area contributed by atoms with Gasteiger partial charge < -0.3 is 9.47 Å². The molecule has 1 aliphatic rings. The van der Waals surface area contributed by atoms with Gasteiger partial charge in [-0.15, -0.1) is 0 Å². The fourth-order valence-electron chi connectivity index (χ4n) is 4.55. The summed E-state index contributed by atoms with van der Waals surface area (Å²) in [5, 5.41) is 10.9. The van der Waals surface area contributed by atoms with E-state index in [2.05, 4.69) is 12.6 Å². The number of hydrogen-bond acceptors (Lipinski definition) is 5. The molecule has 0 spiro atoms. The van der Waals surface area contributed by atoms with Gasteiger partial charge in [-0.25, -0.2) is 4.79 Å². The van der Waals surface area contributed by atoms with E-state index in [4.69, 9.17) is 9.47 Å². The van der Waals surface area contributed by atoms with E-state index in [0.717, 1.165) is 5.56 Å². The molecule has 0 unspecified atom stereocenters. The summed E-state index contributed by atoms with van der Waals surface area (Å²) in [5.74, 6) is -1.36. The highest BCUT2D eigenvalue weighted by atomic mass is 16.5. The molecule has 35 heavy (non-hydrogen) atoms. The van der Waals surface area contributed by atoms with Crippen LogP contribution in [0.5, 0.6) is 5.75 Å². The van der Waals surface area contributed by atoms with Crippen molar-refractivity contribution < 1.29 is 19.1 Å². The molecule has 0 aromatic heterocycles. The van der Waals surface area contributed by atoms with Crippen LogP contribution in [0.15, 0.2) is 97.2 Å². The second kappa shape index (κ2) is 9.70. The zero-order valence-corrected chi connectivity index (χ0v) is 19.5. The number of benzene rings is 3. The van der Waals surface area contributed by atoms with Crippen molar-refractivity contribution in [2.45, 2.75) is 11.5 Å². The lowest BCUT2D eigenvalue weighted by Gasteiger charge is -2.45. The first kappa shape index (κ1) is 23.5. The third kappa shape index (κ3) is 3.98. The number of nitrogens with zero attached hydrogens (tertiary/aromatic N) is 2. The molecule has 0 saturated carbocycles. The minimum Gasteiger partial charge on any atom is -0.497 e. The minimum atomic E-state index is -1.62. The summed E-state index contributed by atoms with van der Waals surface area (Å²) in [6.07, 6.45) is 3.38. The molecule has 0 bridgehead atoms. The van der Waals surface area contributed by atoms with Gasteiger partial charge in [0.15, 0.2) is 5.54 Å². The van der Waals surface area contributed by atoms with Gasteiger partial charge in [-0.2, -0.15) is 5.26 Å². The molecule has 6 heteroatoms. The Bertz CT molecular complexity index is 1340. The molecule has 0 N–H and O–H groups in total. The van der Waals surface area contributed by atoms with Gasteiger partial charge in [-0.1, -0.05) is 61.2 Å². The van der Waals surface area contributed by atoms with Crippen molar-refractivity contribution in [2.75, 3.05) is 14.2 Å². The summed E-state index contributed by atoms with van der Waals surface area (Å²) in [6, 6.07) is 25.5. The van der Waals surface area contributed by atoms with Crippen molar-refractivity contribution in [2.24, 2.45) is 0 Å². The van der Waals surface area contributed by atoms with E-state index in [1.165, 1.54) is 12.0 Å². The van der Waals surface area contributed by atoms with Crippen LogP contribution in [0.3, 0.4) is 0 Å². The number of ether oxygens (including phenoxy) is 2. The van der Waals surface area contributed by atoms with Crippen LogP contribution in [0.1, 0.15) is 33.0 Å². The molecule has 1 heterocycles. The minimum absolute atomic E-state index is 0.0675. The lowest BCUT2D eigenvalue weighted by molar-refractivity contribution is -0.136. The van der Waals surface area contributed by atoms with Gasteiger partial charge in [-0.05, 0) is 41.5 Å². The number of carbonyl (C=O) groups is 2. The maximum Gasteiger partial charge on any atom is 0.333 e. The van der Waals surface area contributed by atoms with E-state index in [9.17, 15) is 14.9 Å². The number of esters is 1. The van der Waals surface area contributed by atoms with Crippen molar-refractivity contribution in [1.82, 2.24) is 4.90 Å². The van der Waals surface area contributed by atoms with E-state index >= 15 is 0 Å². The van der Waals surface area contributed by atoms with Crippen molar-refractivity contribution in [3.05, 3.63) is 119 Å². The number of rotatable bonds is 6. The molecule has 0 saturated heterocycles. The first-order valence-corrected chi connectivity index (χ1v) is 11.0. The number of nitriles is 1. The second-order valence-electron chi connectivity index (χ2n) is 8.05. The SMILES string of the molecule is C=C(C(=O)OC)[C@@H](c1ccccc1)[C@]1(C#N)c2ccccc2C=CN1C(=O)c1ccc(OC)cc1. The van der Waals surface area contributed by atoms with Crippen LogP contribution < -0.4 is 4.74 Å². The van der Waals surface area contributed by atoms with E-state index in [-0.39, 0.29) is 5.57 Å². The van der Waals surface area contributed by atoms with Gasteiger partial charge >= 0.3 is 5.97 Å². The molecular formula is C29H24N2O4. The Labute approximate surface area is 204 Å². The third-order valence-corrected chi connectivity index (χ3v) is 6.23. The number of amides is 1. The molecule has 0 aliphatic carbocycles. The summed E-state index contributed by atoms with van der Waals surface area (Å²) >= 11 is 0. The van der Waals surface area contributed by atoms with Crippen LogP contribution in [-0.4, -0.2) is 31.0 Å². The maximum atomic E-state index is 13.9. The molecule has 0 radical (unpaired) electrons. The predicted octanol–water partition coefficient (Wildman–Crippen LogP) is 5.05. The Hall–Kier alpha value is -4.63. The van der Waals surface area contributed by atoms with Gasteiger partial charge in [0.05, 0.1) is 26.2 Å². The van der Waals surface area contributed by atoms with Crippen LogP contribution in [-0.2, 0) is 15.1 Å². The molecule has 1 aliphatic heterocycles. The molecular weight excluding hydrogens is 440 g/mol. The van der Waals surface area contributed by atoms with Crippen molar-refractivity contribution in [3.63, 3.8) is 0 Å². The summed E-state index contributed by atoms with van der Waals surface area (Å²) in [6.45, 7) is 4.03. The zero-order chi connectivity index (χ0) is 25.0. The highest BCUT2D eigenvalue weighted by Gasteiger charge is 2.53. The van der Waals surface area contributed by atoms with Gasteiger partial charge in [0.1, 0.15) is 5.75 Å². The predicted molar refractivity (Wildman–Crippen MR) is 132 cm³/mol. The number of fused-ring (bicyclic) bond motifs is 1. The lowest BCUT2D eigenvalue weighted by atomic mass is 9.68. The Balaban J connectivity index is 1.99. The highest BCUT2D eigenvalue weighted by Crippen LogP contribution is 2.49. The molecule has 1 amide bonds. The van der Waals surface area contributed by atoms with Gasteiger partial charge in [0, 0.05) is 22.9 Å². The Morgan fingerprint density at radius 3 is 2.26 bits per heavy atom. The fraction of sp³-hybridized carbons (Fsp3) is 0.138. The molecule has 4 rings (SSSR count). The van der Waals surface area contributed by atoms with E-state index in [1.54, 1.807) is 49.7 Å². The summed E-state index contributed by atoms with van der Waals surface area (Å²) < 4.78 is 10.2. The maximum absolute atomic E-state index is 13.9. The van der Waals surface area contributed by atoms with Gasteiger partial charge in [-0.3, -0.25) is 9.69 Å². The first-order chi connectivity index (χ1) is 17.0. The Kier molecular flexibility index (Phi) is 6.52. The van der Waals surface area contributed by atoms with Crippen LogP contribution in [0.25, 0.3) is 6.08 Å². The monoisotopic (exact) mass is 464 g/mol. The van der Waals surface area contributed by atoms with Crippen LogP contribution in [0, 0.1) is 11.3 Å². The smallest absolute Gasteiger partial charge is 0.333 e. The summed E-state index contributed by atoms with van der Waals surface area (Å²) in [7, 11) is 2.81. The van der Waals surface area contributed by atoms with Gasteiger partial charge in [0.25, 0.3) is 5.91 Å². The lowest BCUT2D eigenvalue weighted by Crippen LogP contribution is -2.52. The average Bonchev–Trinajstić information content (AvgIpc) is 2.92. The summed E-state index contributed by atoms with van der Waals surface area (Å²) in [5.41, 5.74) is 0.830. The van der Waals surface area contributed by atoms with Crippen LogP contribution >= 0.6 is 0 Å². The van der Waals surface area contributed by atoms with Crippen molar-refractivity contribution in [3.8, 4) is 11.8 Å². The van der Waals surface area contributed by atoms with Crippen molar-refractivity contribution in [1.29, 1.82) is 5.26 Å². The fourth-order valence-corrected chi connectivity index (χ4v) is 4.55. The van der Waals surface area contributed by atoms with Gasteiger partial charge in [0.2, 0.25) is 0 Å². The highest BCUT2D eigenvalue weighted by molar-refractivity contribution is 5.98.